The number of amides is 1. The van der Waals surface area contributed by atoms with Crippen molar-refractivity contribution < 1.29 is 9.90 Å². The highest BCUT2D eigenvalue weighted by atomic mass is 16.4. The van der Waals surface area contributed by atoms with Crippen LogP contribution in [0, 0.1) is 0 Å². The molecule has 1 N–H and O–H groups in total. The van der Waals surface area contributed by atoms with Crippen molar-refractivity contribution in [3.63, 3.8) is 0 Å². The lowest BCUT2D eigenvalue weighted by molar-refractivity contribution is 0.201. The van der Waals surface area contributed by atoms with E-state index in [1.165, 1.54) is 4.90 Å². The fourth-order valence-corrected chi connectivity index (χ4v) is 1.91. The van der Waals surface area contributed by atoms with E-state index < -0.39 is 6.09 Å². The average molecular weight is 235 g/mol. The molecule has 1 atom stereocenters. The van der Waals surface area contributed by atoms with Crippen LogP contribution in [0.25, 0.3) is 0 Å². The van der Waals surface area contributed by atoms with Gasteiger partial charge in [-0.05, 0) is 30.4 Å². The Morgan fingerprint density at radius 3 is 2.53 bits per heavy atom. The normalized spacial score (nSPS) is 12.2. The molecule has 0 radical (unpaired) electrons. The van der Waals surface area contributed by atoms with Crippen LogP contribution in [0.1, 0.15) is 45.1 Å². The molecule has 0 aliphatic rings. The van der Waals surface area contributed by atoms with Gasteiger partial charge in [0.25, 0.3) is 0 Å². The van der Waals surface area contributed by atoms with E-state index in [4.69, 9.17) is 0 Å². The molecule has 1 rings (SSSR count). The van der Waals surface area contributed by atoms with Crippen molar-refractivity contribution in [2.45, 2.75) is 39.5 Å². The van der Waals surface area contributed by atoms with E-state index in [0.29, 0.717) is 12.5 Å². The molecule has 1 unspecified atom stereocenters. The quantitative estimate of drug-likeness (QED) is 0.834. The fraction of sp³-hybridized carbons (Fsp3) is 0.500. The van der Waals surface area contributed by atoms with Crippen LogP contribution in [0.4, 0.5) is 10.5 Å². The van der Waals surface area contributed by atoms with Crippen molar-refractivity contribution in [1.29, 1.82) is 0 Å². The lowest BCUT2D eigenvalue weighted by atomic mass is 9.96. The van der Waals surface area contributed by atoms with E-state index in [2.05, 4.69) is 13.8 Å². The minimum atomic E-state index is -0.873. The lowest BCUT2D eigenvalue weighted by Crippen LogP contribution is -2.31. The maximum Gasteiger partial charge on any atom is 0.411 e. The third-order valence-corrected chi connectivity index (χ3v) is 3.05. The Morgan fingerprint density at radius 2 is 2.00 bits per heavy atom. The summed E-state index contributed by atoms with van der Waals surface area (Å²) in [5, 5.41) is 9.26. The van der Waals surface area contributed by atoms with Gasteiger partial charge >= 0.3 is 6.09 Å². The summed E-state index contributed by atoms with van der Waals surface area (Å²) in [6.07, 6.45) is 0.958. The minimum absolute atomic E-state index is 0.380. The molecule has 0 heterocycles. The summed E-state index contributed by atoms with van der Waals surface area (Å²) in [6.45, 7) is 6.78. The van der Waals surface area contributed by atoms with E-state index in [1.54, 1.807) is 0 Å². The van der Waals surface area contributed by atoms with Crippen LogP contribution in [-0.4, -0.2) is 17.7 Å². The number of anilines is 1. The first kappa shape index (κ1) is 13.6. The van der Waals surface area contributed by atoms with Crippen molar-refractivity contribution in [1.82, 2.24) is 0 Å². The average Bonchev–Trinajstić information content (AvgIpc) is 2.34. The van der Waals surface area contributed by atoms with E-state index in [1.807, 2.05) is 31.2 Å². The molecule has 0 spiro atoms. The van der Waals surface area contributed by atoms with Crippen LogP contribution in [-0.2, 0) is 0 Å². The monoisotopic (exact) mass is 235 g/mol. The third kappa shape index (κ3) is 3.22. The predicted octanol–water partition coefficient (Wildman–Crippen LogP) is 4.09. The molecular weight excluding hydrogens is 214 g/mol. The van der Waals surface area contributed by atoms with Gasteiger partial charge in [-0.3, -0.25) is 4.90 Å². The van der Waals surface area contributed by atoms with Crippen LogP contribution in [0.2, 0.25) is 0 Å². The van der Waals surface area contributed by atoms with Gasteiger partial charge in [0.05, 0.1) is 5.69 Å². The Labute approximate surface area is 103 Å². The second-order valence-corrected chi connectivity index (χ2v) is 4.30. The molecule has 0 aliphatic carbocycles. The molecule has 1 aromatic carbocycles. The Kier molecular flexibility index (Phi) is 5.01. The van der Waals surface area contributed by atoms with Gasteiger partial charge in [0.2, 0.25) is 0 Å². The number of hydrogen-bond donors (Lipinski definition) is 1. The van der Waals surface area contributed by atoms with Crippen molar-refractivity contribution >= 4 is 11.8 Å². The minimum Gasteiger partial charge on any atom is -0.465 e. The number of para-hydroxylation sites is 1. The summed E-state index contributed by atoms with van der Waals surface area (Å²) in [7, 11) is 0. The van der Waals surface area contributed by atoms with Crippen LogP contribution in [0.3, 0.4) is 0 Å². The SMILES string of the molecule is CCCN(C(=O)O)c1ccccc1C(C)CC. The second kappa shape index (κ2) is 6.28. The first-order valence-corrected chi connectivity index (χ1v) is 6.21. The van der Waals surface area contributed by atoms with Crippen LogP contribution < -0.4 is 4.90 Å². The summed E-state index contributed by atoms with van der Waals surface area (Å²) in [5.74, 6) is 0.380. The zero-order chi connectivity index (χ0) is 12.8. The predicted molar refractivity (Wildman–Crippen MR) is 70.8 cm³/mol. The Bertz CT molecular complexity index is 376. The summed E-state index contributed by atoms with van der Waals surface area (Å²) in [5.41, 5.74) is 1.95. The number of benzene rings is 1. The van der Waals surface area contributed by atoms with Crippen molar-refractivity contribution in [3.05, 3.63) is 29.8 Å². The van der Waals surface area contributed by atoms with Gasteiger partial charge in [-0.15, -0.1) is 0 Å². The molecule has 1 amide bonds. The molecular formula is C14H21NO2. The number of hydrogen-bond acceptors (Lipinski definition) is 1. The summed E-state index contributed by atoms with van der Waals surface area (Å²) < 4.78 is 0. The third-order valence-electron chi connectivity index (χ3n) is 3.05. The molecule has 0 bridgehead atoms. The number of carbonyl (C=O) groups is 1. The zero-order valence-corrected chi connectivity index (χ0v) is 10.8. The van der Waals surface area contributed by atoms with Crippen LogP contribution in [0.15, 0.2) is 24.3 Å². The summed E-state index contributed by atoms with van der Waals surface area (Å²) in [6, 6.07) is 7.78. The Balaban J connectivity index is 3.13. The molecule has 0 fully saturated rings. The second-order valence-electron chi connectivity index (χ2n) is 4.30. The van der Waals surface area contributed by atoms with Gasteiger partial charge in [0.15, 0.2) is 0 Å². The highest BCUT2D eigenvalue weighted by molar-refractivity contribution is 5.87. The molecule has 0 aliphatic heterocycles. The number of nitrogens with zero attached hydrogens (tertiary/aromatic N) is 1. The van der Waals surface area contributed by atoms with Gasteiger partial charge in [-0.1, -0.05) is 39.0 Å². The standard InChI is InChI=1S/C14H21NO2/c1-4-10-15(14(16)17)13-9-7-6-8-12(13)11(3)5-2/h6-9,11H,4-5,10H2,1-3H3,(H,16,17). The summed E-state index contributed by atoms with van der Waals surface area (Å²) in [4.78, 5) is 12.7. The smallest absolute Gasteiger partial charge is 0.411 e. The van der Waals surface area contributed by atoms with Crippen molar-refractivity contribution in [3.8, 4) is 0 Å². The lowest BCUT2D eigenvalue weighted by Gasteiger charge is -2.24. The van der Waals surface area contributed by atoms with E-state index in [9.17, 15) is 9.90 Å². The van der Waals surface area contributed by atoms with E-state index in [-0.39, 0.29) is 0 Å². The van der Waals surface area contributed by atoms with Crippen molar-refractivity contribution in [2.24, 2.45) is 0 Å². The molecule has 3 heteroatoms. The molecule has 94 valence electrons. The maximum atomic E-state index is 11.3. The Morgan fingerprint density at radius 1 is 1.35 bits per heavy atom. The molecule has 0 aromatic heterocycles. The zero-order valence-electron chi connectivity index (χ0n) is 10.8. The highest BCUT2D eigenvalue weighted by Crippen LogP contribution is 2.29. The fourth-order valence-electron chi connectivity index (χ4n) is 1.91. The van der Waals surface area contributed by atoms with Gasteiger partial charge in [-0.25, -0.2) is 4.79 Å². The van der Waals surface area contributed by atoms with Gasteiger partial charge in [-0.2, -0.15) is 0 Å². The molecule has 0 saturated heterocycles. The van der Waals surface area contributed by atoms with Gasteiger partial charge in [0.1, 0.15) is 0 Å². The van der Waals surface area contributed by atoms with Gasteiger partial charge < -0.3 is 5.11 Å². The van der Waals surface area contributed by atoms with Crippen LogP contribution in [0.5, 0.6) is 0 Å². The first-order chi connectivity index (χ1) is 8.11. The van der Waals surface area contributed by atoms with E-state index >= 15 is 0 Å². The molecule has 17 heavy (non-hydrogen) atoms. The summed E-state index contributed by atoms with van der Waals surface area (Å²) >= 11 is 0. The van der Waals surface area contributed by atoms with Gasteiger partial charge in [0, 0.05) is 6.54 Å². The largest absolute Gasteiger partial charge is 0.465 e. The van der Waals surface area contributed by atoms with E-state index in [0.717, 1.165) is 24.1 Å². The topological polar surface area (TPSA) is 40.5 Å². The highest BCUT2D eigenvalue weighted by Gasteiger charge is 2.18. The number of carboxylic acid groups (broad SMARTS) is 1. The first-order valence-electron chi connectivity index (χ1n) is 6.21. The van der Waals surface area contributed by atoms with Crippen molar-refractivity contribution in [2.75, 3.05) is 11.4 Å². The van der Waals surface area contributed by atoms with Crippen LogP contribution >= 0.6 is 0 Å². The molecule has 0 saturated carbocycles. The number of rotatable bonds is 5. The molecule has 1 aromatic rings. The molecule has 3 nitrogen and oxygen atoms in total. The maximum absolute atomic E-state index is 11.3. The Hall–Kier alpha value is -1.51.